The van der Waals surface area contributed by atoms with Gasteiger partial charge in [0.2, 0.25) is 0 Å². The molecule has 2 aliphatic carbocycles. The van der Waals surface area contributed by atoms with E-state index in [-0.39, 0.29) is 5.78 Å². The number of benzene rings is 3. The van der Waals surface area contributed by atoms with E-state index in [4.69, 9.17) is 0 Å². The van der Waals surface area contributed by atoms with Crippen molar-refractivity contribution >= 4 is 41.2 Å². The Bertz CT molecular complexity index is 1660. The Labute approximate surface area is 194 Å². The van der Waals surface area contributed by atoms with Gasteiger partial charge in [-0.25, -0.2) is 4.79 Å². The van der Waals surface area contributed by atoms with Gasteiger partial charge in [0.1, 0.15) is 0 Å². The summed E-state index contributed by atoms with van der Waals surface area (Å²) in [5.41, 5.74) is 4.51. The molecule has 0 radical (unpaired) electrons. The molecule has 0 spiro atoms. The van der Waals surface area contributed by atoms with Crippen molar-refractivity contribution in [2.24, 2.45) is 0 Å². The fraction of sp³-hybridized carbons (Fsp3) is 0.103. The van der Waals surface area contributed by atoms with E-state index in [1.54, 1.807) is 30.0 Å². The number of ketones is 1. The minimum atomic E-state index is -0.922. The molecule has 3 aromatic carbocycles. The van der Waals surface area contributed by atoms with Crippen molar-refractivity contribution in [3.8, 4) is 0 Å². The van der Waals surface area contributed by atoms with Crippen molar-refractivity contribution in [3.63, 3.8) is 0 Å². The second kappa shape index (κ2) is 7.75. The van der Waals surface area contributed by atoms with Crippen LogP contribution in [0.2, 0.25) is 0 Å². The third kappa shape index (κ3) is 3.30. The number of rotatable bonds is 2. The van der Waals surface area contributed by atoms with Gasteiger partial charge < -0.3 is 5.11 Å². The zero-order valence-corrected chi connectivity index (χ0v) is 18.6. The molecule has 0 unspecified atom stereocenters. The molecule has 0 atom stereocenters. The molecule has 0 bridgehead atoms. The maximum Gasteiger partial charge on any atom is 0.335 e. The fourth-order valence-electron chi connectivity index (χ4n) is 5.06. The Kier molecular flexibility index (Phi) is 4.70. The summed E-state index contributed by atoms with van der Waals surface area (Å²) in [7, 11) is 0. The molecule has 4 heteroatoms. The molecule has 1 N–H and O–H groups in total. The molecule has 0 amide bonds. The topological polar surface area (TPSA) is 54.4 Å². The summed E-state index contributed by atoms with van der Waals surface area (Å²) in [6, 6.07) is 17.6. The number of Topliss-reactive ketones (excluding diaryl/α,β-unsaturated/α-hetero) is 1. The highest BCUT2D eigenvalue weighted by Gasteiger charge is 2.22. The van der Waals surface area contributed by atoms with Gasteiger partial charge in [0.05, 0.1) is 5.56 Å². The van der Waals surface area contributed by atoms with Crippen LogP contribution in [0, 0.1) is 10.4 Å². The number of aromatic carboxylic acids is 1. The number of allylic oxidation sites excluding steroid dienone is 3. The van der Waals surface area contributed by atoms with Crippen LogP contribution in [0.3, 0.4) is 0 Å². The number of carboxylic acids is 1. The van der Waals surface area contributed by atoms with Crippen molar-refractivity contribution in [2.75, 3.05) is 0 Å². The number of carboxylic acid groups (broad SMARTS) is 1. The van der Waals surface area contributed by atoms with E-state index in [9.17, 15) is 14.7 Å². The smallest absolute Gasteiger partial charge is 0.335 e. The maximum absolute atomic E-state index is 13.2. The molecule has 0 fully saturated rings. The van der Waals surface area contributed by atoms with E-state index in [2.05, 4.69) is 24.3 Å². The minimum Gasteiger partial charge on any atom is -0.478 e. The Balaban J connectivity index is 1.57. The van der Waals surface area contributed by atoms with Crippen LogP contribution >= 0.6 is 11.8 Å². The van der Waals surface area contributed by atoms with Gasteiger partial charge in [-0.15, -0.1) is 0 Å². The van der Waals surface area contributed by atoms with Crippen molar-refractivity contribution in [1.82, 2.24) is 0 Å². The molecule has 0 saturated carbocycles. The first-order valence-corrected chi connectivity index (χ1v) is 11.9. The van der Waals surface area contributed by atoms with Crippen LogP contribution in [0.1, 0.15) is 44.7 Å². The zero-order chi connectivity index (χ0) is 22.5. The monoisotopic (exact) mass is 448 g/mol. The number of hydrogen-bond donors (Lipinski definition) is 1. The summed E-state index contributed by atoms with van der Waals surface area (Å²) in [5.74, 6) is -0.838. The molecule has 3 aliphatic rings. The average Bonchev–Trinajstić information content (AvgIpc) is 3.05. The Morgan fingerprint density at radius 2 is 1.79 bits per heavy atom. The van der Waals surface area contributed by atoms with Crippen molar-refractivity contribution in [2.45, 2.75) is 24.2 Å². The summed E-state index contributed by atoms with van der Waals surface area (Å²) in [5, 5.41) is 13.7. The van der Waals surface area contributed by atoms with Crippen LogP contribution < -0.4 is 10.4 Å². The van der Waals surface area contributed by atoms with Gasteiger partial charge in [-0.05, 0) is 81.1 Å². The first-order chi connectivity index (χ1) is 16.1. The van der Waals surface area contributed by atoms with Gasteiger partial charge in [-0.2, -0.15) is 0 Å². The van der Waals surface area contributed by atoms with E-state index < -0.39 is 5.97 Å². The van der Waals surface area contributed by atoms with Crippen molar-refractivity contribution in [3.05, 3.63) is 115 Å². The lowest BCUT2D eigenvalue weighted by Crippen LogP contribution is -2.25. The molecule has 160 valence electrons. The maximum atomic E-state index is 13.2. The molecule has 33 heavy (non-hydrogen) atoms. The number of hydrogen-bond acceptors (Lipinski definition) is 3. The van der Waals surface area contributed by atoms with Crippen LogP contribution in [-0.2, 0) is 6.42 Å². The SMILES string of the molecule is O=C(O)c1ccc2c(c1)SC(C1=c3ccc4c(c3CCC1)C(=O)C=c1ccccc1=4)=CC=C2. The number of carbonyl (C=O) groups is 2. The average molecular weight is 449 g/mol. The van der Waals surface area contributed by atoms with E-state index in [0.29, 0.717) is 5.56 Å². The molecular weight excluding hydrogens is 428 g/mol. The van der Waals surface area contributed by atoms with Crippen LogP contribution in [0.5, 0.6) is 0 Å². The molecule has 3 aromatic rings. The van der Waals surface area contributed by atoms with E-state index >= 15 is 0 Å². The summed E-state index contributed by atoms with van der Waals surface area (Å²) < 4.78 is 0. The summed E-state index contributed by atoms with van der Waals surface area (Å²) in [6.45, 7) is 0. The second-order valence-electron chi connectivity index (χ2n) is 8.49. The van der Waals surface area contributed by atoms with E-state index in [1.165, 1.54) is 5.57 Å². The lowest BCUT2D eigenvalue weighted by atomic mass is 9.85. The lowest BCUT2D eigenvalue weighted by Gasteiger charge is -2.21. The molecule has 0 aromatic heterocycles. The summed E-state index contributed by atoms with van der Waals surface area (Å²) >= 11 is 1.61. The largest absolute Gasteiger partial charge is 0.478 e. The highest BCUT2D eigenvalue weighted by molar-refractivity contribution is 8.03. The van der Waals surface area contributed by atoms with Gasteiger partial charge in [0.25, 0.3) is 0 Å². The highest BCUT2D eigenvalue weighted by Crippen LogP contribution is 2.40. The lowest BCUT2D eigenvalue weighted by molar-refractivity contribution is 0.0696. The molecule has 1 heterocycles. The van der Waals surface area contributed by atoms with Crippen molar-refractivity contribution < 1.29 is 14.7 Å². The van der Waals surface area contributed by atoms with E-state index in [0.717, 1.165) is 66.6 Å². The third-order valence-electron chi connectivity index (χ3n) is 6.58. The van der Waals surface area contributed by atoms with Gasteiger partial charge >= 0.3 is 5.97 Å². The number of thioether (sulfide) groups is 1. The van der Waals surface area contributed by atoms with Crippen LogP contribution in [0.4, 0.5) is 0 Å². The van der Waals surface area contributed by atoms with Gasteiger partial charge in [0.15, 0.2) is 5.78 Å². The Morgan fingerprint density at radius 1 is 0.939 bits per heavy atom. The molecule has 6 rings (SSSR count). The quantitative estimate of drug-likeness (QED) is 0.610. The highest BCUT2D eigenvalue weighted by atomic mass is 32.2. The molecule has 1 aliphatic heterocycles. The number of carbonyl (C=O) groups excluding carboxylic acids is 1. The first kappa shape index (κ1) is 20.0. The van der Waals surface area contributed by atoms with Crippen LogP contribution in [-0.4, -0.2) is 16.9 Å². The second-order valence-corrected chi connectivity index (χ2v) is 9.58. The summed E-state index contributed by atoms with van der Waals surface area (Å²) in [6.07, 6.45) is 10.7. The molecular formula is C29H20O3S. The van der Waals surface area contributed by atoms with Crippen molar-refractivity contribution in [1.29, 1.82) is 0 Å². The standard InChI is InChI=1S/C29H20O3S/c30-25-15-18-5-1-2-7-20(18)24-14-13-21-22(8-4-9-23(21)28(24)25)26-10-3-6-17-11-12-19(29(31)32)16-27(17)33-26/h1-3,5-7,10-16H,4,8-9H2,(H,31,32). The molecule has 3 nitrogen and oxygen atoms in total. The number of fused-ring (bicyclic) bond motifs is 5. The van der Waals surface area contributed by atoms with Gasteiger partial charge in [0, 0.05) is 15.4 Å². The first-order valence-electron chi connectivity index (χ1n) is 11.0. The van der Waals surface area contributed by atoms with Gasteiger partial charge in [-0.3, -0.25) is 4.79 Å². The third-order valence-corrected chi connectivity index (χ3v) is 7.75. The van der Waals surface area contributed by atoms with E-state index in [1.807, 2.05) is 36.4 Å². The Morgan fingerprint density at radius 3 is 2.67 bits per heavy atom. The summed E-state index contributed by atoms with van der Waals surface area (Å²) in [4.78, 5) is 26.7. The fourth-order valence-corrected chi connectivity index (χ4v) is 6.22. The Hall–Kier alpha value is -3.63. The predicted octanol–water partition coefficient (Wildman–Crippen LogP) is 4.84. The van der Waals surface area contributed by atoms with Crippen LogP contribution in [0.15, 0.2) is 76.5 Å². The zero-order valence-electron chi connectivity index (χ0n) is 17.8. The molecule has 0 saturated heterocycles. The van der Waals surface area contributed by atoms with Gasteiger partial charge in [-0.1, -0.05) is 66.4 Å². The van der Waals surface area contributed by atoms with Crippen LogP contribution in [0.25, 0.3) is 17.7 Å². The predicted molar refractivity (Wildman–Crippen MR) is 131 cm³/mol. The normalized spacial score (nSPS) is 15.9. The minimum absolute atomic E-state index is 0.0839.